The van der Waals surface area contributed by atoms with Crippen molar-refractivity contribution in [2.24, 2.45) is 5.92 Å². The maximum Gasteiger partial charge on any atom is 0.0186 e. The minimum atomic E-state index is 0.630. The van der Waals surface area contributed by atoms with Gasteiger partial charge in [-0.05, 0) is 49.4 Å². The zero-order valence-electron chi connectivity index (χ0n) is 11.1. The molecule has 1 fully saturated rings. The minimum Gasteiger partial charge on any atom is -0.316 e. The molecule has 1 aliphatic carbocycles. The van der Waals surface area contributed by atoms with E-state index in [0.717, 1.165) is 5.92 Å². The van der Waals surface area contributed by atoms with Crippen LogP contribution in [0.5, 0.6) is 0 Å². The highest BCUT2D eigenvalue weighted by molar-refractivity contribution is 7.99. The Balaban J connectivity index is 1.85. The zero-order valence-corrected chi connectivity index (χ0v) is 11.9. The normalized spacial score (nSPS) is 17.4. The summed E-state index contributed by atoms with van der Waals surface area (Å²) in [5.74, 6) is 2.76. The summed E-state index contributed by atoms with van der Waals surface area (Å²) in [6.45, 7) is 4.48. The van der Waals surface area contributed by atoms with Gasteiger partial charge in [0, 0.05) is 16.7 Å². The van der Waals surface area contributed by atoms with Crippen LogP contribution in [0.2, 0.25) is 0 Å². The lowest BCUT2D eigenvalue weighted by Crippen LogP contribution is -2.29. The maximum atomic E-state index is 3.44. The van der Waals surface area contributed by atoms with Gasteiger partial charge < -0.3 is 5.32 Å². The quantitative estimate of drug-likeness (QED) is 0.767. The van der Waals surface area contributed by atoms with Crippen molar-refractivity contribution in [2.45, 2.75) is 43.5 Å². The van der Waals surface area contributed by atoms with Crippen molar-refractivity contribution >= 4 is 11.8 Å². The minimum absolute atomic E-state index is 0.630. The molecule has 0 bridgehead atoms. The summed E-state index contributed by atoms with van der Waals surface area (Å²) in [5, 5.41) is 3.44. The monoisotopic (exact) mass is 249 g/mol. The maximum absolute atomic E-state index is 3.44. The molecule has 0 spiro atoms. The van der Waals surface area contributed by atoms with E-state index in [1.54, 1.807) is 0 Å². The smallest absolute Gasteiger partial charge is 0.0186 e. The molecule has 0 aromatic heterocycles. The molecule has 1 unspecified atom stereocenters. The van der Waals surface area contributed by atoms with Crippen molar-refractivity contribution in [3.63, 3.8) is 0 Å². The van der Waals surface area contributed by atoms with Gasteiger partial charge in [0.2, 0.25) is 0 Å². The van der Waals surface area contributed by atoms with Gasteiger partial charge in [0.25, 0.3) is 0 Å². The van der Waals surface area contributed by atoms with E-state index in [1.165, 1.54) is 29.1 Å². The number of hydrogen-bond donors (Lipinski definition) is 1. The van der Waals surface area contributed by atoms with Gasteiger partial charge in [-0.2, -0.15) is 0 Å². The van der Waals surface area contributed by atoms with E-state index in [9.17, 15) is 0 Å². The first-order valence-corrected chi connectivity index (χ1v) is 7.59. The third-order valence-corrected chi connectivity index (χ3v) is 4.67. The fourth-order valence-corrected chi connectivity index (χ4v) is 3.23. The zero-order chi connectivity index (χ0) is 12.3. The molecule has 0 amide bonds. The second kappa shape index (κ2) is 5.92. The first-order valence-electron chi connectivity index (χ1n) is 6.60. The Kier molecular flexibility index (Phi) is 4.52. The molecule has 0 saturated heterocycles. The Morgan fingerprint density at radius 3 is 2.35 bits per heavy atom. The second-order valence-corrected chi connectivity index (χ2v) is 6.36. The summed E-state index contributed by atoms with van der Waals surface area (Å²) in [5.41, 5.74) is 1.43. The lowest BCUT2D eigenvalue weighted by Gasteiger charge is -2.14. The highest BCUT2D eigenvalue weighted by Gasteiger charge is 2.29. The molecule has 1 atom stereocenters. The highest BCUT2D eigenvalue weighted by atomic mass is 32.2. The van der Waals surface area contributed by atoms with E-state index in [0.29, 0.717) is 12.0 Å². The molecule has 1 N–H and O–H groups in total. The highest BCUT2D eigenvalue weighted by Crippen LogP contribution is 2.35. The molecule has 17 heavy (non-hydrogen) atoms. The molecule has 1 aromatic rings. The van der Waals surface area contributed by atoms with Gasteiger partial charge in [-0.3, -0.25) is 0 Å². The van der Waals surface area contributed by atoms with Gasteiger partial charge in [-0.1, -0.05) is 26.0 Å². The van der Waals surface area contributed by atoms with Crippen LogP contribution in [0.15, 0.2) is 29.2 Å². The van der Waals surface area contributed by atoms with Crippen LogP contribution in [0.3, 0.4) is 0 Å². The van der Waals surface area contributed by atoms with Crippen LogP contribution < -0.4 is 5.32 Å². The Labute approximate surface area is 109 Å². The van der Waals surface area contributed by atoms with Gasteiger partial charge in [0.1, 0.15) is 0 Å². The Hall–Kier alpha value is -0.470. The van der Waals surface area contributed by atoms with Gasteiger partial charge in [0.05, 0.1) is 0 Å². The summed E-state index contributed by atoms with van der Waals surface area (Å²) in [7, 11) is 2.09. The molecule has 0 radical (unpaired) electrons. The lowest BCUT2D eigenvalue weighted by atomic mass is 10.0. The summed E-state index contributed by atoms with van der Waals surface area (Å²) in [6, 6.07) is 9.75. The van der Waals surface area contributed by atoms with Crippen LogP contribution in [-0.2, 0) is 0 Å². The molecule has 1 nitrogen and oxygen atoms in total. The van der Waals surface area contributed by atoms with Gasteiger partial charge in [0.15, 0.2) is 0 Å². The van der Waals surface area contributed by atoms with Gasteiger partial charge in [-0.25, -0.2) is 0 Å². The van der Waals surface area contributed by atoms with Crippen LogP contribution in [0, 0.1) is 5.92 Å². The number of rotatable bonds is 6. The molecule has 0 heterocycles. The summed E-state index contributed by atoms with van der Waals surface area (Å²) in [6.07, 6.45) is 2.83. The third kappa shape index (κ3) is 3.75. The fourth-order valence-electron chi connectivity index (χ4n) is 2.09. The van der Waals surface area contributed by atoms with Crippen LogP contribution in [-0.4, -0.2) is 18.8 Å². The average molecular weight is 249 g/mol. The van der Waals surface area contributed by atoms with Gasteiger partial charge in [-0.15, -0.1) is 11.8 Å². The summed E-state index contributed by atoms with van der Waals surface area (Å²) < 4.78 is 0. The average Bonchev–Trinajstić information content (AvgIpc) is 3.15. The first-order chi connectivity index (χ1) is 8.20. The fraction of sp³-hybridized carbons (Fsp3) is 0.600. The second-order valence-electron chi connectivity index (χ2n) is 5.27. The van der Waals surface area contributed by atoms with Crippen LogP contribution in [0.4, 0.5) is 0 Å². The standard InChI is InChI=1S/C15H23NS/c1-11(2)12-6-8-14(9-7-12)17-10-15(16-3)13-4-5-13/h6-9,11,13,15-16H,4-5,10H2,1-3H3. The first kappa shape index (κ1) is 13.0. The molecule has 2 heteroatoms. The molecule has 1 aliphatic rings. The van der Waals surface area contributed by atoms with Crippen molar-refractivity contribution in [1.29, 1.82) is 0 Å². The molecular formula is C15H23NS. The van der Waals surface area contributed by atoms with Crippen LogP contribution in [0.1, 0.15) is 38.2 Å². The number of thioether (sulfide) groups is 1. The SMILES string of the molecule is CNC(CSc1ccc(C(C)C)cc1)C1CC1. The van der Waals surface area contributed by atoms with E-state index in [4.69, 9.17) is 0 Å². The van der Waals surface area contributed by atoms with E-state index in [2.05, 4.69) is 50.5 Å². The molecular weight excluding hydrogens is 226 g/mol. The third-order valence-electron chi connectivity index (χ3n) is 3.54. The van der Waals surface area contributed by atoms with E-state index in [1.807, 2.05) is 11.8 Å². The summed E-state index contributed by atoms with van der Waals surface area (Å²) in [4.78, 5) is 1.40. The van der Waals surface area contributed by atoms with Crippen molar-refractivity contribution in [2.75, 3.05) is 12.8 Å². The lowest BCUT2D eigenvalue weighted by molar-refractivity contribution is 0.554. The van der Waals surface area contributed by atoms with E-state index >= 15 is 0 Å². The number of benzene rings is 1. The van der Waals surface area contributed by atoms with E-state index in [-0.39, 0.29) is 0 Å². The number of nitrogens with one attached hydrogen (secondary N) is 1. The molecule has 2 rings (SSSR count). The predicted molar refractivity (Wildman–Crippen MR) is 76.8 cm³/mol. The molecule has 1 saturated carbocycles. The Morgan fingerprint density at radius 1 is 1.24 bits per heavy atom. The molecule has 94 valence electrons. The van der Waals surface area contributed by atoms with Crippen molar-refractivity contribution in [3.05, 3.63) is 29.8 Å². The van der Waals surface area contributed by atoms with Crippen molar-refractivity contribution < 1.29 is 0 Å². The predicted octanol–water partition coefficient (Wildman–Crippen LogP) is 3.90. The topological polar surface area (TPSA) is 12.0 Å². The molecule has 1 aromatic carbocycles. The Morgan fingerprint density at radius 2 is 1.88 bits per heavy atom. The summed E-state index contributed by atoms with van der Waals surface area (Å²) >= 11 is 1.98. The Bertz CT molecular complexity index is 340. The largest absolute Gasteiger partial charge is 0.316 e. The van der Waals surface area contributed by atoms with Gasteiger partial charge >= 0.3 is 0 Å². The van der Waals surface area contributed by atoms with Crippen molar-refractivity contribution in [3.8, 4) is 0 Å². The van der Waals surface area contributed by atoms with Crippen LogP contribution in [0.25, 0.3) is 0 Å². The van der Waals surface area contributed by atoms with Crippen molar-refractivity contribution in [1.82, 2.24) is 5.32 Å². The number of hydrogen-bond acceptors (Lipinski definition) is 2. The molecule has 0 aliphatic heterocycles. The van der Waals surface area contributed by atoms with E-state index < -0.39 is 0 Å². The van der Waals surface area contributed by atoms with Crippen LogP contribution >= 0.6 is 11.8 Å².